The van der Waals surface area contributed by atoms with Crippen molar-refractivity contribution >= 4 is 21.8 Å². The zero-order chi connectivity index (χ0) is 13.5. The Balaban J connectivity index is 1.76. The average molecular weight is 324 g/mol. The molecule has 1 aliphatic carbocycles. The van der Waals surface area contributed by atoms with Gasteiger partial charge in [-0.3, -0.25) is 4.79 Å². The van der Waals surface area contributed by atoms with Gasteiger partial charge in [0.1, 0.15) is 5.75 Å². The van der Waals surface area contributed by atoms with E-state index in [0.717, 1.165) is 17.6 Å². The Morgan fingerprint density at radius 1 is 1.26 bits per heavy atom. The van der Waals surface area contributed by atoms with Gasteiger partial charge in [0.05, 0.1) is 17.1 Å². The third-order valence-corrected chi connectivity index (χ3v) is 5.30. The summed E-state index contributed by atoms with van der Waals surface area (Å²) in [5.74, 6) is 0.822. The number of likely N-dealkylation sites (tertiary alicyclic amines) is 1. The van der Waals surface area contributed by atoms with Crippen molar-refractivity contribution in [3.8, 4) is 5.75 Å². The summed E-state index contributed by atoms with van der Waals surface area (Å²) in [6.45, 7) is 1.78. The lowest BCUT2D eigenvalue weighted by Gasteiger charge is -2.32. The van der Waals surface area contributed by atoms with Gasteiger partial charge in [0.25, 0.3) is 5.91 Å². The van der Waals surface area contributed by atoms with Crippen molar-refractivity contribution in [2.24, 2.45) is 5.41 Å². The lowest BCUT2D eigenvalue weighted by Crippen LogP contribution is -2.39. The summed E-state index contributed by atoms with van der Waals surface area (Å²) in [4.78, 5) is 14.5. The van der Waals surface area contributed by atoms with Crippen LogP contribution in [0.4, 0.5) is 0 Å². The summed E-state index contributed by atoms with van der Waals surface area (Å²) < 4.78 is 6.01. The minimum Gasteiger partial charge on any atom is -0.496 e. The van der Waals surface area contributed by atoms with Gasteiger partial charge >= 0.3 is 0 Å². The summed E-state index contributed by atoms with van der Waals surface area (Å²) in [5.41, 5.74) is 1.30. The van der Waals surface area contributed by atoms with Crippen LogP contribution >= 0.6 is 15.9 Å². The Morgan fingerprint density at radius 2 is 1.95 bits per heavy atom. The molecule has 1 aromatic rings. The summed E-state index contributed by atoms with van der Waals surface area (Å²) in [5, 5.41) is 0. The lowest BCUT2D eigenvalue weighted by atomic mass is 9.93. The smallest absolute Gasteiger partial charge is 0.255 e. The van der Waals surface area contributed by atoms with Gasteiger partial charge in [-0.05, 0) is 59.2 Å². The third kappa shape index (κ3) is 2.38. The molecule has 1 saturated carbocycles. The Morgan fingerprint density at radius 3 is 2.53 bits per heavy atom. The molecule has 0 unspecified atom stereocenters. The first-order valence-corrected chi connectivity index (χ1v) is 7.56. The predicted octanol–water partition coefficient (Wildman–Crippen LogP) is 3.47. The highest BCUT2D eigenvalue weighted by Crippen LogP contribution is 2.53. The van der Waals surface area contributed by atoms with Crippen molar-refractivity contribution < 1.29 is 9.53 Å². The second-order valence-electron chi connectivity index (χ2n) is 5.61. The number of hydrogen-bond acceptors (Lipinski definition) is 2. The van der Waals surface area contributed by atoms with E-state index >= 15 is 0 Å². The maximum Gasteiger partial charge on any atom is 0.255 e. The van der Waals surface area contributed by atoms with Crippen LogP contribution < -0.4 is 4.74 Å². The SMILES string of the molecule is COc1cccc(C(=O)N2CCC3(CC2)CC3)c1Br. The minimum absolute atomic E-state index is 0.112. The molecule has 0 radical (unpaired) electrons. The molecule has 3 rings (SSSR count). The van der Waals surface area contributed by atoms with E-state index in [1.807, 2.05) is 23.1 Å². The largest absolute Gasteiger partial charge is 0.496 e. The van der Waals surface area contributed by atoms with Crippen LogP contribution in [-0.4, -0.2) is 31.0 Å². The summed E-state index contributed by atoms with van der Waals surface area (Å²) in [6.07, 6.45) is 5.05. The number of carbonyl (C=O) groups is 1. The van der Waals surface area contributed by atoms with E-state index in [1.165, 1.54) is 25.7 Å². The van der Waals surface area contributed by atoms with Crippen molar-refractivity contribution in [3.63, 3.8) is 0 Å². The van der Waals surface area contributed by atoms with Crippen LogP contribution in [0.3, 0.4) is 0 Å². The fraction of sp³-hybridized carbons (Fsp3) is 0.533. The number of nitrogens with zero attached hydrogens (tertiary/aromatic N) is 1. The molecule has 0 bridgehead atoms. The fourth-order valence-electron chi connectivity index (χ4n) is 2.86. The first-order chi connectivity index (χ1) is 9.15. The average Bonchev–Trinajstić information content (AvgIpc) is 3.19. The maximum atomic E-state index is 12.6. The number of rotatable bonds is 2. The second kappa shape index (κ2) is 4.82. The third-order valence-electron chi connectivity index (χ3n) is 4.48. The molecule has 102 valence electrons. The van der Waals surface area contributed by atoms with Crippen molar-refractivity contribution in [3.05, 3.63) is 28.2 Å². The van der Waals surface area contributed by atoms with E-state index in [9.17, 15) is 4.79 Å². The van der Waals surface area contributed by atoms with Crippen LogP contribution in [0.25, 0.3) is 0 Å². The number of piperidine rings is 1. The monoisotopic (exact) mass is 323 g/mol. The molecule has 0 atom stereocenters. The lowest BCUT2D eigenvalue weighted by molar-refractivity contribution is 0.0677. The van der Waals surface area contributed by atoms with Gasteiger partial charge in [-0.2, -0.15) is 0 Å². The zero-order valence-electron chi connectivity index (χ0n) is 11.1. The van der Waals surface area contributed by atoms with Gasteiger partial charge in [0, 0.05) is 13.1 Å². The second-order valence-corrected chi connectivity index (χ2v) is 6.41. The Kier molecular flexibility index (Phi) is 3.29. The summed E-state index contributed by atoms with van der Waals surface area (Å²) >= 11 is 3.47. The van der Waals surface area contributed by atoms with E-state index in [2.05, 4.69) is 15.9 Å². The maximum absolute atomic E-state index is 12.6. The van der Waals surface area contributed by atoms with E-state index in [1.54, 1.807) is 7.11 Å². The van der Waals surface area contributed by atoms with Crippen LogP contribution in [0.15, 0.2) is 22.7 Å². The van der Waals surface area contributed by atoms with Crippen LogP contribution in [0, 0.1) is 5.41 Å². The fourth-order valence-corrected chi connectivity index (χ4v) is 3.46. The van der Waals surface area contributed by atoms with E-state index in [4.69, 9.17) is 4.74 Å². The highest BCUT2D eigenvalue weighted by atomic mass is 79.9. The molecule has 0 N–H and O–H groups in total. The topological polar surface area (TPSA) is 29.5 Å². The molecular weight excluding hydrogens is 306 g/mol. The normalized spacial score (nSPS) is 20.4. The van der Waals surface area contributed by atoms with Crippen LogP contribution in [0.2, 0.25) is 0 Å². The standard InChI is InChI=1S/C15H18BrNO2/c1-19-12-4-2-3-11(13(12)16)14(18)17-9-7-15(5-6-15)8-10-17/h2-4H,5-10H2,1H3. The molecule has 0 aromatic heterocycles. The summed E-state index contributed by atoms with van der Waals surface area (Å²) in [6, 6.07) is 5.58. The quantitative estimate of drug-likeness (QED) is 0.834. The molecule has 1 saturated heterocycles. The number of amides is 1. The molecule has 1 amide bonds. The number of hydrogen-bond donors (Lipinski definition) is 0. The van der Waals surface area contributed by atoms with E-state index < -0.39 is 0 Å². The van der Waals surface area contributed by atoms with Crippen LogP contribution in [0.5, 0.6) is 5.75 Å². The first-order valence-electron chi connectivity index (χ1n) is 6.77. The van der Waals surface area contributed by atoms with Gasteiger partial charge in [0.2, 0.25) is 0 Å². The van der Waals surface area contributed by atoms with E-state index in [-0.39, 0.29) is 5.91 Å². The van der Waals surface area contributed by atoms with Crippen LogP contribution in [0.1, 0.15) is 36.0 Å². The van der Waals surface area contributed by atoms with Gasteiger partial charge in [-0.15, -0.1) is 0 Å². The van der Waals surface area contributed by atoms with Crippen molar-refractivity contribution in [2.75, 3.05) is 20.2 Å². The first kappa shape index (κ1) is 13.0. The highest BCUT2D eigenvalue weighted by molar-refractivity contribution is 9.10. The molecule has 1 spiro atoms. The van der Waals surface area contributed by atoms with Crippen molar-refractivity contribution in [2.45, 2.75) is 25.7 Å². The summed E-state index contributed by atoms with van der Waals surface area (Å²) in [7, 11) is 1.62. The molecule has 1 heterocycles. The molecule has 2 aliphatic rings. The molecule has 2 fully saturated rings. The predicted molar refractivity (Wildman–Crippen MR) is 77.5 cm³/mol. The van der Waals surface area contributed by atoms with Crippen LogP contribution in [-0.2, 0) is 0 Å². The number of ether oxygens (including phenoxy) is 1. The number of carbonyl (C=O) groups excluding carboxylic acids is 1. The molecular formula is C15H18BrNO2. The van der Waals surface area contributed by atoms with Gasteiger partial charge in [-0.1, -0.05) is 6.07 Å². The van der Waals surface area contributed by atoms with E-state index in [0.29, 0.717) is 16.7 Å². The van der Waals surface area contributed by atoms with Gasteiger partial charge < -0.3 is 9.64 Å². The molecule has 1 aliphatic heterocycles. The number of benzene rings is 1. The molecule has 3 nitrogen and oxygen atoms in total. The number of halogens is 1. The Labute approximate surface area is 122 Å². The van der Waals surface area contributed by atoms with Gasteiger partial charge in [-0.25, -0.2) is 0 Å². The highest BCUT2D eigenvalue weighted by Gasteiger charge is 2.45. The zero-order valence-corrected chi connectivity index (χ0v) is 12.7. The molecule has 19 heavy (non-hydrogen) atoms. The minimum atomic E-state index is 0.112. The number of methoxy groups -OCH3 is 1. The molecule has 1 aromatic carbocycles. The van der Waals surface area contributed by atoms with Crippen molar-refractivity contribution in [1.82, 2.24) is 4.90 Å². The Bertz CT molecular complexity index is 501. The Hall–Kier alpha value is -1.03. The van der Waals surface area contributed by atoms with Crippen molar-refractivity contribution in [1.29, 1.82) is 0 Å². The molecule has 4 heteroatoms. The van der Waals surface area contributed by atoms with Gasteiger partial charge in [0.15, 0.2) is 0 Å².